The molecule has 2 aromatic heterocycles. The quantitative estimate of drug-likeness (QED) is 0.415. The van der Waals surface area contributed by atoms with Crippen LogP contribution in [0, 0.1) is 6.92 Å². The molecule has 30 heavy (non-hydrogen) atoms. The Kier molecular flexibility index (Phi) is 6.19. The van der Waals surface area contributed by atoms with Crippen LogP contribution in [0.1, 0.15) is 31.1 Å². The molecule has 1 amide bonds. The number of hydrogen-bond donors (Lipinski definition) is 2. The van der Waals surface area contributed by atoms with Crippen LogP contribution in [0.3, 0.4) is 0 Å². The molecule has 3 rings (SSSR count). The Hall–Kier alpha value is -2.46. The molecule has 0 aliphatic heterocycles. The van der Waals surface area contributed by atoms with Crippen LogP contribution in [0.2, 0.25) is 5.02 Å². The summed E-state index contributed by atoms with van der Waals surface area (Å²) in [7, 11) is 0. The summed E-state index contributed by atoms with van der Waals surface area (Å²) in [6, 6.07) is 4.22. The molecular formula is C19H18ClF3N4O2S. The normalized spacial score (nSPS) is 12.0. The number of aryl methyl sites for hydroxylation is 1. The number of H-pyrrole nitrogens is 1. The van der Waals surface area contributed by atoms with Crippen molar-refractivity contribution in [2.45, 2.75) is 38.1 Å². The number of alkyl halides is 3. The fourth-order valence-corrected chi connectivity index (χ4v) is 3.95. The number of benzene rings is 1. The molecule has 0 aliphatic carbocycles. The van der Waals surface area contributed by atoms with Gasteiger partial charge < -0.3 is 10.3 Å². The van der Waals surface area contributed by atoms with E-state index in [0.29, 0.717) is 16.2 Å². The van der Waals surface area contributed by atoms with E-state index in [1.165, 1.54) is 4.57 Å². The van der Waals surface area contributed by atoms with Gasteiger partial charge in [0.25, 0.3) is 5.56 Å². The van der Waals surface area contributed by atoms with Gasteiger partial charge in [-0.05, 0) is 45.0 Å². The maximum Gasteiger partial charge on any atom is 0.416 e. The molecule has 1 aromatic carbocycles. The predicted octanol–water partition coefficient (Wildman–Crippen LogP) is 5.02. The lowest BCUT2D eigenvalue weighted by atomic mass is 10.2. The van der Waals surface area contributed by atoms with Crippen molar-refractivity contribution in [1.29, 1.82) is 0 Å². The van der Waals surface area contributed by atoms with Gasteiger partial charge in [-0.15, -0.1) is 0 Å². The van der Waals surface area contributed by atoms with Crippen LogP contribution in [0.15, 0.2) is 34.2 Å². The van der Waals surface area contributed by atoms with E-state index in [4.69, 9.17) is 11.6 Å². The second kappa shape index (κ2) is 8.35. The summed E-state index contributed by atoms with van der Waals surface area (Å²) in [6.07, 6.45) is -4.56. The monoisotopic (exact) mass is 458 g/mol. The first-order valence-corrected chi connectivity index (χ1v) is 10.2. The number of halogens is 4. The van der Waals surface area contributed by atoms with E-state index in [2.05, 4.69) is 15.3 Å². The summed E-state index contributed by atoms with van der Waals surface area (Å²) in [5, 5.41) is 2.71. The van der Waals surface area contributed by atoms with Crippen molar-refractivity contribution in [3.8, 4) is 0 Å². The molecule has 0 atom stereocenters. The zero-order valence-electron chi connectivity index (χ0n) is 16.2. The van der Waals surface area contributed by atoms with Gasteiger partial charge >= 0.3 is 6.18 Å². The molecule has 0 unspecified atom stereocenters. The van der Waals surface area contributed by atoms with E-state index < -0.39 is 17.6 Å². The van der Waals surface area contributed by atoms with Gasteiger partial charge in [-0.25, -0.2) is 4.98 Å². The number of nitrogens with one attached hydrogen (secondary N) is 2. The Balaban J connectivity index is 1.82. The van der Waals surface area contributed by atoms with Gasteiger partial charge in [-0.3, -0.25) is 14.2 Å². The largest absolute Gasteiger partial charge is 0.416 e. The Bertz CT molecular complexity index is 1170. The number of nitrogens with zero attached hydrogens (tertiary/aromatic N) is 2. The number of rotatable bonds is 5. The van der Waals surface area contributed by atoms with Gasteiger partial charge in [0, 0.05) is 11.7 Å². The van der Waals surface area contributed by atoms with Gasteiger partial charge in [-0.2, -0.15) is 13.2 Å². The zero-order chi connectivity index (χ0) is 22.2. The Morgan fingerprint density at radius 3 is 2.67 bits per heavy atom. The summed E-state index contributed by atoms with van der Waals surface area (Å²) < 4.78 is 40.1. The van der Waals surface area contributed by atoms with Gasteiger partial charge in [0.15, 0.2) is 5.16 Å². The third-order valence-corrected chi connectivity index (χ3v) is 5.49. The Morgan fingerprint density at radius 2 is 2.03 bits per heavy atom. The molecule has 0 saturated carbocycles. The summed E-state index contributed by atoms with van der Waals surface area (Å²) >= 11 is 6.93. The molecule has 2 N–H and O–H groups in total. The number of aromatic amines is 1. The summed E-state index contributed by atoms with van der Waals surface area (Å²) in [4.78, 5) is 32.5. The van der Waals surface area contributed by atoms with Crippen LogP contribution in [0.5, 0.6) is 0 Å². The van der Waals surface area contributed by atoms with E-state index >= 15 is 0 Å². The average molecular weight is 459 g/mol. The second-order valence-electron chi connectivity index (χ2n) is 6.91. The first kappa shape index (κ1) is 22.2. The van der Waals surface area contributed by atoms with Crippen molar-refractivity contribution in [2.24, 2.45) is 0 Å². The lowest BCUT2D eigenvalue weighted by Crippen LogP contribution is -2.25. The molecule has 0 fully saturated rings. The highest BCUT2D eigenvalue weighted by atomic mass is 35.5. The number of hydrogen-bond acceptors (Lipinski definition) is 4. The number of carbonyl (C=O) groups excluding carboxylic acids is 1. The van der Waals surface area contributed by atoms with Crippen molar-refractivity contribution < 1.29 is 18.0 Å². The van der Waals surface area contributed by atoms with Crippen LogP contribution in [0.25, 0.3) is 11.0 Å². The minimum absolute atomic E-state index is 0.0113. The third kappa shape index (κ3) is 4.65. The Labute approximate surface area is 178 Å². The Morgan fingerprint density at radius 1 is 1.33 bits per heavy atom. The standard InChI is InChI=1S/C19H18ClF3N4O2S/c1-9(2)27-17(29)16-14(6-10(3)24-16)26-18(27)30-8-15(28)25-13-7-11(19(21,22)23)4-5-12(13)20/h4-7,9,24H,8H2,1-3H3,(H,25,28). The minimum atomic E-state index is -4.56. The molecule has 0 saturated heterocycles. The number of thioether (sulfide) groups is 1. The fraction of sp³-hybridized carbons (Fsp3) is 0.316. The van der Waals surface area contributed by atoms with Crippen LogP contribution in [-0.4, -0.2) is 26.2 Å². The van der Waals surface area contributed by atoms with E-state index in [1.54, 1.807) is 13.0 Å². The molecule has 160 valence electrons. The highest BCUT2D eigenvalue weighted by Crippen LogP contribution is 2.34. The van der Waals surface area contributed by atoms with Gasteiger partial charge in [0.2, 0.25) is 5.91 Å². The zero-order valence-corrected chi connectivity index (χ0v) is 17.8. The average Bonchev–Trinajstić information content (AvgIpc) is 3.01. The molecule has 0 bridgehead atoms. The number of fused-ring (bicyclic) bond motifs is 1. The van der Waals surface area contributed by atoms with Crippen molar-refractivity contribution >= 4 is 46.0 Å². The summed E-state index contributed by atoms with van der Waals surface area (Å²) in [5.41, 5.74) is 0.335. The van der Waals surface area contributed by atoms with Crippen molar-refractivity contribution in [1.82, 2.24) is 14.5 Å². The van der Waals surface area contributed by atoms with Gasteiger partial charge in [-0.1, -0.05) is 23.4 Å². The lowest BCUT2D eigenvalue weighted by molar-refractivity contribution is -0.137. The van der Waals surface area contributed by atoms with Crippen molar-refractivity contribution in [3.05, 3.63) is 50.9 Å². The summed E-state index contributed by atoms with van der Waals surface area (Å²) in [6.45, 7) is 5.44. The van der Waals surface area contributed by atoms with E-state index in [-0.39, 0.29) is 28.1 Å². The maximum absolute atomic E-state index is 12.9. The van der Waals surface area contributed by atoms with Crippen molar-refractivity contribution in [3.63, 3.8) is 0 Å². The first-order chi connectivity index (χ1) is 14.0. The molecule has 0 aliphatic rings. The number of carbonyl (C=O) groups is 1. The van der Waals surface area contributed by atoms with E-state index in [9.17, 15) is 22.8 Å². The molecule has 2 heterocycles. The number of anilines is 1. The van der Waals surface area contributed by atoms with E-state index in [1.807, 2.05) is 13.8 Å². The van der Waals surface area contributed by atoms with Gasteiger partial charge in [0.1, 0.15) is 5.52 Å². The minimum Gasteiger partial charge on any atom is -0.353 e. The molecular weight excluding hydrogens is 441 g/mol. The van der Waals surface area contributed by atoms with Crippen LogP contribution < -0.4 is 10.9 Å². The highest BCUT2D eigenvalue weighted by Gasteiger charge is 2.31. The third-order valence-electron chi connectivity index (χ3n) is 4.20. The first-order valence-electron chi connectivity index (χ1n) is 8.88. The van der Waals surface area contributed by atoms with Crippen molar-refractivity contribution in [2.75, 3.05) is 11.1 Å². The fourth-order valence-electron chi connectivity index (χ4n) is 2.86. The van der Waals surface area contributed by atoms with Crippen LogP contribution in [-0.2, 0) is 11.0 Å². The molecule has 0 radical (unpaired) electrons. The van der Waals surface area contributed by atoms with E-state index in [0.717, 1.165) is 35.7 Å². The topological polar surface area (TPSA) is 79.8 Å². The molecule has 6 nitrogen and oxygen atoms in total. The molecule has 3 aromatic rings. The lowest BCUT2D eigenvalue weighted by Gasteiger charge is -2.15. The summed E-state index contributed by atoms with van der Waals surface area (Å²) in [5.74, 6) is -0.739. The smallest absolute Gasteiger partial charge is 0.353 e. The SMILES string of the molecule is Cc1cc2nc(SCC(=O)Nc3cc(C(F)(F)F)ccc3Cl)n(C(C)C)c(=O)c2[nH]1. The van der Waals surface area contributed by atoms with Crippen LogP contribution in [0.4, 0.5) is 18.9 Å². The highest BCUT2D eigenvalue weighted by molar-refractivity contribution is 7.99. The van der Waals surface area contributed by atoms with Crippen LogP contribution >= 0.6 is 23.4 Å². The second-order valence-corrected chi connectivity index (χ2v) is 8.25. The van der Waals surface area contributed by atoms with Gasteiger partial charge in [0.05, 0.1) is 27.5 Å². The number of aromatic nitrogens is 3. The maximum atomic E-state index is 12.9. The predicted molar refractivity (Wildman–Crippen MR) is 111 cm³/mol. The number of amides is 1. The molecule has 11 heteroatoms. The molecule has 0 spiro atoms.